The quantitative estimate of drug-likeness (QED) is 0.759. The minimum Gasteiger partial charge on any atom is -0.299 e. The van der Waals surface area contributed by atoms with Crippen LogP contribution < -0.4 is 0 Å². The summed E-state index contributed by atoms with van der Waals surface area (Å²) in [7, 11) is 0. The summed E-state index contributed by atoms with van der Waals surface area (Å²) in [5.41, 5.74) is 1.91. The highest BCUT2D eigenvalue weighted by molar-refractivity contribution is 5.82. The summed E-state index contributed by atoms with van der Waals surface area (Å²) in [5, 5.41) is 7.95. The van der Waals surface area contributed by atoms with Gasteiger partial charge in [-0.15, -0.1) is 0 Å². The van der Waals surface area contributed by atoms with Gasteiger partial charge >= 0.3 is 0 Å². The SMILES string of the molecule is CC(C)C(=O)Cc1cnnc(C(C)C)c1. The van der Waals surface area contributed by atoms with Gasteiger partial charge in [0, 0.05) is 12.3 Å². The molecule has 1 heterocycles. The molecule has 82 valence electrons. The Morgan fingerprint density at radius 3 is 2.53 bits per heavy atom. The monoisotopic (exact) mass is 206 g/mol. The molecule has 0 radical (unpaired) electrons. The third-order valence-corrected chi connectivity index (χ3v) is 2.34. The Balaban J connectivity index is 2.78. The van der Waals surface area contributed by atoms with Crippen LogP contribution in [0.3, 0.4) is 0 Å². The zero-order valence-electron chi connectivity index (χ0n) is 9.82. The zero-order valence-corrected chi connectivity index (χ0v) is 9.82. The molecular formula is C12H18N2O. The fourth-order valence-corrected chi connectivity index (χ4v) is 1.21. The van der Waals surface area contributed by atoms with Gasteiger partial charge in [-0.3, -0.25) is 4.79 Å². The van der Waals surface area contributed by atoms with E-state index in [2.05, 4.69) is 24.0 Å². The number of nitrogens with zero attached hydrogens (tertiary/aromatic N) is 2. The van der Waals surface area contributed by atoms with Gasteiger partial charge in [-0.1, -0.05) is 27.7 Å². The van der Waals surface area contributed by atoms with E-state index in [0.29, 0.717) is 12.3 Å². The van der Waals surface area contributed by atoms with Crippen molar-refractivity contribution in [3.63, 3.8) is 0 Å². The first-order valence-corrected chi connectivity index (χ1v) is 5.35. The van der Waals surface area contributed by atoms with Crippen LogP contribution in [0.15, 0.2) is 12.3 Å². The molecular weight excluding hydrogens is 188 g/mol. The lowest BCUT2D eigenvalue weighted by Gasteiger charge is -2.06. The van der Waals surface area contributed by atoms with Crippen molar-refractivity contribution in [3.8, 4) is 0 Å². The Morgan fingerprint density at radius 2 is 2.00 bits per heavy atom. The van der Waals surface area contributed by atoms with Crippen molar-refractivity contribution in [2.75, 3.05) is 0 Å². The lowest BCUT2D eigenvalue weighted by atomic mass is 10.0. The topological polar surface area (TPSA) is 42.9 Å². The summed E-state index contributed by atoms with van der Waals surface area (Å²) in [6.45, 7) is 7.97. The summed E-state index contributed by atoms with van der Waals surface area (Å²) < 4.78 is 0. The van der Waals surface area contributed by atoms with Gasteiger partial charge in [0.1, 0.15) is 5.78 Å². The van der Waals surface area contributed by atoms with Crippen LogP contribution in [0.5, 0.6) is 0 Å². The second-order valence-electron chi connectivity index (χ2n) is 4.44. The van der Waals surface area contributed by atoms with Crippen molar-refractivity contribution < 1.29 is 4.79 Å². The van der Waals surface area contributed by atoms with Crippen molar-refractivity contribution in [3.05, 3.63) is 23.5 Å². The maximum atomic E-state index is 11.5. The van der Waals surface area contributed by atoms with Crippen molar-refractivity contribution in [1.29, 1.82) is 0 Å². The lowest BCUT2D eigenvalue weighted by Crippen LogP contribution is -2.11. The molecule has 0 N–H and O–H groups in total. The van der Waals surface area contributed by atoms with Crippen LogP contribution in [-0.2, 0) is 11.2 Å². The average Bonchev–Trinajstić information content (AvgIpc) is 2.18. The zero-order chi connectivity index (χ0) is 11.4. The van der Waals surface area contributed by atoms with E-state index in [1.165, 1.54) is 0 Å². The first kappa shape index (κ1) is 11.8. The van der Waals surface area contributed by atoms with E-state index in [9.17, 15) is 4.79 Å². The predicted molar refractivity (Wildman–Crippen MR) is 59.7 cm³/mol. The Morgan fingerprint density at radius 1 is 1.33 bits per heavy atom. The van der Waals surface area contributed by atoms with Crippen molar-refractivity contribution in [1.82, 2.24) is 10.2 Å². The predicted octanol–water partition coefficient (Wildman–Crippen LogP) is 2.37. The third-order valence-electron chi connectivity index (χ3n) is 2.34. The fourth-order valence-electron chi connectivity index (χ4n) is 1.21. The number of carbonyl (C=O) groups is 1. The third kappa shape index (κ3) is 3.42. The first-order valence-electron chi connectivity index (χ1n) is 5.35. The number of ketones is 1. The maximum absolute atomic E-state index is 11.5. The summed E-state index contributed by atoms with van der Waals surface area (Å²) >= 11 is 0. The van der Waals surface area contributed by atoms with Crippen LogP contribution >= 0.6 is 0 Å². The number of Topliss-reactive ketones (excluding diaryl/α,β-unsaturated/α-hetero) is 1. The number of hydrogen-bond acceptors (Lipinski definition) is 3. The van der Waals surface area contributed by atoms with Crippen LogP contribution in [-0.4, -0.2) is 16.0 Å². The normalized spacial score (nSPS) is 11.1. The minimum absolute atomic E-state index is 0.0839. The molecule has 3 heteroatoms. The number of hydrogen-bond donors (Lipinski definition) is 0. The van der Waals surface area contributed by atoms with Gasteiger partial charge in [0.2, 0.25) is 0 Å². The molecule has 0 atom stereocenters. The van der Waals surface area contributed by atoms with Gasteiger partial charge in [0.05, 0.1) is 11.9 Å². The van der Waals surface area contributed by atoms with E-state index in [4.69, 9.17) is 0 Å². The molecule has 0 amide bonds. The van der Waals surface area contributed by atoms with Crippen LogP contribution in [0.25, 0.3) is 0 Å². The van der Waals surface area contributed by atoms with E-state index >= 15 is 0 Å². The molecule has 0 aromatic carbocycles. The molecule has 0 aliphatic rings. The van der Waals surface area contributed by atoms with Gasteiger partial charge in [0.25, 0.3) is 0 Å². The van der Waals surface area contributed by atoms with Crippen molar-refractivity contribution >= 4 is 5.78 Å². The molecule has 3 nitrogen and oxygen atoms in total. The van der Waals surface area contributed by atoms with E-state index in [1.54, 1.807) is 6.20 Å². The highest BCUT2D eigenvalue weighted by Crippen LogP contribution is 2.12. The Labute approximate surface area is 90.9 Å². The molecule has 1 aromatic heterocycles. The van der Waals surface area contributed by atoms with Gasteiger partial charge in [-0.25, -0.2) is 0 Å². The summed E-state index contributed by atoms with van der Waals surface area (Å²) in [4.78, 5) is 11.5. The summed E-state index contributed by atoms with van der Waals surface area (Å²) in [5.74, 6) is 0.685. The Bertz CT molecular complexity index is 345. The van der Waals surface area contributed by atoms with Crippen molar-refractivity contribution in [2.24, 2.45) is 5.92 Å². The van der Waals surface area contributed by atoms with Crippen LogP contribution in [0.4, 0.5) is 0 Å². The van der Waals surface area contributed by atoms with Crippen LogP contribution in [0.2, 0.25) is 0 Å². The Hall–Kier alpha value is -1.25. The summed E-state index contributed by atoms with van der Waals surface area (Å²) in [6.07, 6.45) is 2.14. The van der Waals surface area contributed by atoms with E-state index in [-0.39, 0.29) is 11.7 Å². The molecule has 1 aromatic rings. The second kappa shape index (κ2) is 5.01. The molecule has 0 bridgehead atoms. The molecule has 0 spiro atoms. The standard InChI is InChI=1S/C12H18N2O/c1-8(2)11-5-10(7-13-14-11)6-12(15)9(3)4/h5,7-9H,6H2,1-4H3. The molecule has 0 aliphatic carbocycles. The highest BCUT2D eigenvalue weighted by atomic mass is 16.1. The van der Waals surface area contributed by atoms with Crippen LogP contribution in [0.1, 0.15) is 44.9 Å². The second-order valence-corrected chi connectivity index (χ2v) is 4.44. The van der Waals surface area contributed by atoms with Crippen LogP contribution in [0, 0.1) is 5.92 Å². The number of rotatable bonds is 4. The summed E-state index contributed by atoms with van der Waals surface area (Å²) in [6, 6.07) is 1.97. The maximum Gasteiger partial charge on any atom is 0.139 e. The van der Waals surface area contributed by atoms with Gasteiger partial charge in [-0.05, 0) is 17.5 Å². The number of carbonyl (C=O) groups excluding carboxylic acids is 1. The van der Waals surface area contributed by atoms with Gasteiger partial charge in [0.15, 0.2) is 0 Å². The fraction of sp³-hybridized carbons (Fsp3) is 0.583. The molecule has 15 heavy (non-hydrogen) atoms. The average molecular weight is 206 g/mol. The van der Waals surface area contributed by atoms with Gasteiger partial charge < -0.3 is 0 Å². The molecule has 0 saturated heterocycles. The first-order chi connectivity index (χ1) is 7.00. The number of aromatic nitrogens is 2. The molecule has 0 saturated carbocycles. The molecule has 0 unspecified atom stereocenters. The minimum atomic E-state index is 0.0839. The van der Waals surface area contributed by atoms with E-state index < -0.39 is 0 Å². The molecule has 0 fully saturated rings. The molecule has 1 rings (SSSR count). The van der Waals surface area contributed by atoms with Gasteiger partial charge in [-0.2, -0.15) is 10.2 Å². The van der Waals surface area contributed by atoms with E-state index in [1.807, 2.05) is 19.9 Å². The highest BCUT2D eigenvalue weighted by Gasteiger charge is 2.10. The molecule has 0 aliphatic heterocycles. The lowest BCUT2D eigenvalue weighted by molar-refractivity contribution is -0.121. The Kier molecular flexibility index (Phi) is 3.95. The van der Waals surface area contributed by atoms with Crippen molar-refractivity contribution in [2.45, 2.75) is 40.0 Å². The van der Waals surface area contributed by atoms with E-state index in [0.717, 1.165) is 11.3 Å². The largest absolute Gasteiger partial charge is 0.299 e. The smallest absolute Gasteiger partial charge is 0.139 e.